The largest absolute Gasteiger partial charge is 0.493 e. The number of benzene rings is 3. The Bertz CT molecular complexity index is 979. The van der Waals surface area contributed by atoms with Crippen LogP contribution in [0.25, 0.3) is 11.6 Å². The van der Waals surface area contributed by atoms with Gasteiger partial charge in [0.1, 0.15) is 19.0 Å². The van der Waals surface area contributed by atoms with E-state index in [9.17, 15) is 9.90 Å². The second-order valence-electron chi connectivity index (χ2n) is 6.15. The Balaban J connectivity index is 1.64. The summed E-state index contributed by atoms with van der Waals surface area (Å²) in [6.45, 7) is 0.695. The van der Waals surface area contributed by atoms with Gasteiger partial charge < -0.3 is 19.3 Å². The number of carboxylic acids is 1. The van der Waals surface area contributed by atoms with Gasteiger partial charge in [0, 0.05) is 0 Å². The number of hydrogen-bond donors (Lipinski definition) is 1. The fourth-order valence-corrected chi connectivity index (χ4v) is 2.80. The van der Waals surface area contributed by atoms with Gasteiger partial charge in [0.05, 0.1) is 12.7 Å². The van der Waals surface area contributed by atoms with Crippen LogP contribution in [0, 0.1) is 0 Å². The van der Waals surface area contributed by atoms with Crippen molar-refractivity contribution in [2.75, 3.05) is 20.3 Å². The van der Waals surface area contributed by atoms with Crippen molar-refractivity contribution in [3.63, 3.8) is 0 Å². The Kier molecular flexibility index (Phi) is 6.90. The van der Waals surface area contributed by atoms with E-state index in [1.165, 1.54) is 0 Å². The highest BCUT2D eigenvalue weighted by molar-refractivity contribution is 6.20. The molecule has 5 nitrogen and oxygen atoms in total. The normalized spacial score (nSPS) is 11.0. The molecular weight excluding hydrogens is 368 g/mol. The summed E-state index contributed by atoms with van der Waals surface area (Å²) in [6.07, 6.45) is 1.63. The second kappa shape index (κ2) is 9.99. The third-order valence-corrected chi connectivity index (χ3v) is 4.16. The van der Waals surface area contributed by atoms with Gasteiger partial charge in [-0.15, -0.1) is 0 Å². The minimum Gasteiger partial charge on any atom is -0.493 e. The van der Waals surface area contributed by atoms with E-state index in [2.05, 4.69) is 0 Å². The highest BCUT2D eigenvalue weighted by atomic mass is 16.5. The van der Waals surface area contributed by atoms with E-state index in [4.69, 9.17) is 14.2 Å². The lowest BCUT2D eigenvalue weighted by atomic mass is 10.0. The maximum atomic E-state index is 11.7. The molecule has 0 atom stereocenters. The number of para-hydroxylation sites is 2. The zero-order chi connectivity index (χ0) is 20.5. The van der Waals surface area contributed by atoms with E-state index in [0.717, 1.165) is 5.56 Å². The average molecular weight is 390 g/mol. The standard InChI is InChI=1S/C24H22O5/c1-27-22-12-5-6-13-23(22)29-15-14-28-20-11-7-8-18(16-20)17-21(24(25)26)19-9-3-2-4-10-19/h2-13,16-17H,14-15H2,1H3,(H,25,26)/b21-17-. The molecule has 0 radical (unpaired) electrons. The molecule has 0 amide bonds. The lowest BCUT2D eigenvalue weighted by Gasteiger charge is -2.11. The zero-order valence-corrected chi connectivity index (χ0v) is 16.1. The Morgan fingerprint density at radius 1 is 0.862 bits per heavy atom. The van der Waals surface area contributed by atoms with Gasteiger partial charge in [0.25, 0.3) is 0 Å². The van der Waals surface area contributed by atoms with Gasteiger partial charge in [-0.2, -0.15) is 0 Å². The highest BCUT2D eigenvalue weighted by Gasteiger charge is 2.10. The number of rotatable bonds is 9. The quantitative estimate of drug-likeness (QED) is 0.324. The molecule has 0 heterocycles. The van der Waals surface area contributed by atoms with E-state index in [1.807, 2.05) is 60.7 Å². The van der Waals surface area contributed by atoms with Crippen LogP contribution in [0.15, 0.2) is 78.9 Å². The summed E-state index contributed by atoms with van der Waals surface area (Å²) >= 11 is 0. The van der Waals surface area contributed by atoms with Crippen LogP contribution in [0.5, 0.6) is 17.2 Å². The maximum absolute atomic E-state index is 11.7. The van der Waals surface area contributed by atoms with Crippen molar-refractivity contribution in [2.45, 2.75) is 0 Å². The smallest absolute Gasteiger partial charge is 0.336 e. The number of carboxylic acid groups (broad SMARTS) is 1. The number of methoxy groups -OCH3 is 1. The van der Waals surface area contributed by atoms with Crippen LogP contribution in [0.4, 0.5) is 0 Å². The first kappa shape index (κ1) is 20.0. The highest BCUT2D eigenvalue weighted by Crippen LogP contribution is 2.26. The summed E-state index contributed by atoms with van der Waals surface area (Å²) in [4.78, 5) is 11.7. The summed E-state index contributed by atoms with van der Waals surface area (Å²) in [5.74, 6) is 0.985. The predicted octanol–water partition coefficient (Wildman–Crippen LogP) is 4.78. The van der Waals surface area contributed by atoms with E-state index >= 15 is 0 Å². The molecule has 0 saturated carbocycles. The van der Waals surface area contributed by atoms with Gasteiger partial charge in [-0.05, 0) is 41.5 Å². The van der Waals surface area contributed by atoms with Crippen LogP contribution < -0.4 is 14.2 Å². The molecule has 5 heteroatoms. The van der Waals surface area contributed by atoms with Crippen molar-refractivity contribution >= 4 is 17.6 Å². The monoisotopic (exact) mass is 390 g/mol. The molecule has 0 aromatic heterocycles. The van der Waals surface area contributed by atoms with Crippen molar-refractivity contribution < 1.29 is 24.1 Å². The summed E-state index contributed by atoms with van der Waals surface area (Å²) in [5, 5.41) is 9.56. The summed E-state index contributed by atoms with van der Waals surface area (Å²) in [6, 6.07) is 23.7. The van der Waals surface area contributed by atoms with Crippen molar-refractivity contribution in [1.29, 1.82) is 0 Å². The fraction of sp³-hybridized carbons (Fsp3) is 0.125. The minimum atomic E-state index is -0.979. The molecule has 3 aromatic rings. The van der Waals surface area contributed by atoms with Crippen LogP contribution in [0.2, 0.25) is 0 Å². The number of aliphatic carboxylic acids is 1. The molecule has 0 aliphatic heterocycles. The van der Waals surface area contributed by atoms with Crippen molar-refractivity contribution in [3.8, 4) is 17.2 Å². The lowest BCUT2D eigenvalue weighted by molar-refractivity contribution is -0.130. The zero-order valence-electron chi connectivity index (χ0n) is 16.1. The Morgan fingerprint density at radius 3 is 2.28 bits per heavy atom. The van der Waals surface area contributed by atoms with Gasteiger partial charge in [-0.3, -0.25) is 0 Å². The molecule has 1 N–H and O–H groups in total. The molecule has 0 fully saturated rings. The SMILES string of the molecule is COc1ccccc1OCCOc1cccc(/C=C(\C(=O)O)c2ccccc2)c1. The molecule has 0 saturated heterocycles. The summed E-state index contributed by atoms with van der Waals surface area (Å²) in [7, 11) is 1.60. The molecule has 3 rings (SSSR count). The Hall–Kier alpha value is -3.73. The molecule has 29 heavy (non-hydrogen) atoms. The summed E-state index contributed by atoms with van der Waals surface area (Å²) in [5.41, 5.74) is 1.62. The van der Waals surface area contributed by atoms with Gasteiger partial charge in [-0.1, -0.05) is 54.6 Å². The number of ether oxygens (including phenoxy) is 3. The fourth-order valence-electron chi connectivity index (χ4n) is 2.80. The van der Waals surface area contributed by atoms with Crippen LogP contribution in [0.1, 0.15) is 11.1 Å². The first-order valence-electron chi connectivity index (χ1n) is 9.16. The summed E-state index contributed by atoms with van der Waals surface area (Å²) < 4.78 is 16.7. The number of hydrogen-bond acceptors (Lipinski definition) is 4. The Labute approximate surface area is 169 Å². The van der Waals surface area contributed by atoms with Crippen LogP contribution >= 0.6 is 0 Å². The van der Waals surface area contributed by atoms with Gasteiger partial charge >= 0.3 is 5.97 Å². The molecule has 0 aliphatic carbocycles. The van der Waals surface area contributed by atoms with Crippen molar-refractivity contribution in [1.82, 2.24) is 0 Å². The lowest BCUT2D eigenvalue weighted by Crippen LogP contribution is -2.09. The topological polar surface area (TPSA) is 65.0 Å². The average Bonchev–Trinajstić information content (AvgIpc) is 2.76. The van der Waals surface area contributed by atoms with E-state index < -0.39 is 5.97 Å². The maximum Gasteiger partial charge on any atom is 0.336 e. The first-order valence-corrected chi connectivity index (χ1v) is 9.16. The third kappa shape index (κ3) is 5.62. The predicted molar refractivity (Wildman–Crippen MR) is 112 cm³/mol. The molecule has 0 unspecified atom stereocenters. The van der Waals surface area contributed by atoms with Gasteiger partial charge in [0.15, 0.2) is 11.5 Å². The van der Waals surface area contributed by atoms with E-state index in [-0.39, 0.29) is 5.57 Å². The third-order valence-electron chi connectivity index (χ3n) is 4.16. The van der Waals surface area contributed by atoms with Crippen molar-refractivity contribution in [2.24, 2.45) is 0 Å². The van der Waals surface area contributed by atoms with E-state index in [1.54, 1.807) is 31.4 Å². The van der Waals surface area contributed by atoms with Crippen LogP contribution in [0.3, 0.4) is 0 Å². The Morgan fingerprint density at radius 2 is 1.55 bits per heavy atom. The molecule has 148 valence electrons. The molecular formula is C24H22O5. The van der Waals surface area contributed by atoms with Crippen LogP contribution in [-0.4, -0.2) is 31.4 Å². The van der Waals surface area contributed by atoms with E-state index in [0.29, 0.717) is 36.0 Å². The van der Waals surface area contributed by atoms with Crippen molar-refractivity contribution in [3.05, 3.63) is 90.0 Å². The molecule has 3 aromatic carbocycles. The van der Waals surface area contributed by atoms with Gasteiger partial charge in [-0.25, -0.2) is 4.79 Å². The molecule has 0 bridgehead atoms. The second-order valence-corrected chi connectivity index (χ2v) is 6.15. The molecule has 0 spiro atoms. The molecule has 0 aliphatic rings. The number of carbonyl (C=O) groups is 1. The van der Waals surface area contributed by atoms with Crippen LogP contribution in [-0.2, 0) is 4.79 Å². The minimum absolute atomic E-state index is 0.224. The first-order chi connectivity index (χ1) is 14.2. The van der Waals surface area contributed by atoms with Gasteiger partial charge in [0.2, 0.25) is 0 Å².